The lowest BCUT2D eigenvalue weighted by Gasteiger charge is -2.25. The van der Waals surface area contributed by atoms with Gasteiger partial charge in [0.1, 0.15) is 5.82 Å². The topological polar surface area (TPSA) is 67.6 Å². The summed E-state index contributed by atoms with van der Waals surface area (Å²) in [5.74, 6) is 1.46. The van der Waals surface area contributed by atoms with Crippen molar-refractivity contribution in [2.24, 2.45) is 5.73 Å². The van der Waals surface area contributed by atoms with Crippen LogP contribution < -0.4 is 5.73 Å². The first-order valence-corrected chi connectivity index (χ1v) is 6.96. The Labute approximate surface area is 113 Å². The average molecular weight is 256 g/mol. The van der Waals surface area contributed by atoms with Crippen molar-refractivity contribution in [3.63, 3.8) is 0 Å². The first-order chi connectivity index (χ1) is 9.22. The maximum Gasteiger partial charge on any atom is 0.132 e. The van der Waals surface area contributed by atoms with E-state index in [-0.39, 0.29) is 0 Å². The number of rotatable bonds is 2. The van der Waals surface area contributed by atoms with Crippen LogP contribution in [0.25, 0.3) is 11.3 Å². The van der Waals surface area contributed by atoms with E-state index in [1.165, 1.54) is 0 Å². The van der Waals surface area contributed by atoms with Crippen LogP contribution in [-0.2, 0) is 0 Å². The van der Waals surface area contributed by atoms with Gasteiger partial charge in [-0.25, -0.2) is 9.97 Å². The Bertz CT molecular complexity index is 539. The SMILES string of the molecule is Cc1cc(-c2cc[nH]c2)nc(C2CCC(N)CC2)n1. The first-order valence-electron chi connectivity index (χ1n) is 6.96. The number of hydrogen-bond acceptors (Lipinski definition) is 3. The fourth-order valence-electron chi connectivity index (χ4n) is 2.78. The summed E-state index contributed by atoms with van der Waals surface area (Å²) in [6.45, 7) is 2.04. The summed E-state index contributed by atoms with van der Waals surface area (Å²) in [7, 11) is 0. The van der Waals surface area contributed by atoms with Crippen molar-refractivity contribution in [2.75, 3.05) is 0 Å². The van der Waals surface area contributed by atoms with Gasteiger partial charge in [-0.15, -0.1) is 0 Å². The van der Waals surface area contributed by atoms with Crippen molar-refractivity contribution < 1.29 is 0 Å². The molecule has 4 nitrogen and oxygen atoms in total. The van der Waals surface area contributed by atoms with E-state index in [4.69, 9.17) is 10.7 Å². The number of nitrogens with zero attached hydrogens (tertiary/aromatic N) is 2. The molecular weight excluding hydrogens is 236 g/mol. The van der Waals surface area contributed by atoms with Crippen LogP contribution in [0.4, 0.5) is 0 Å². The number of aromatic amines is 1. The average Bonchev–Trinajstić information content (AvgIpc) is 2.93. The highest BCUT2D eigenvalue weighted by Crippen LogP contribution is 2.31. The number of nitrogens with one attached hydrogen (secondary N) is 1. The van der Waals surface area contributed by atoms with E-state index in [2.05, 4.69) is 9.97 Å². The minimum atomic E-state index is 0.366. The monoisotopic (exact) mass is 256 g/mol. The standard InChI is InChI=1S/C15H20N4/c1-10-8-14(12-6-7-17-9-12)19-15(18-10)11-2-4-13(16)5-3-11/h6-9,11,13,17H,2-5,16H2,1H3. The minimum absolute atomic E-state index is 0.366. The molecule has 0 unspecified atom stereocenters. The van der Waals surface area contributed by atoms with Crippen LogP contribution in [-0.4, -0.2) is 21.0 Å². The maximum absolute atomic E-state index is 5.97. The zero-order valence-electron chi connectivity index (χ0n) is 11.3. The summed E-state index contributed by atoms with van der Waals surface area (Å²) < 4.78 is 0. The second-order valence-electron chi connectivity index (χ2n) is 5.46. The summed E-state index contributed by atoms with van der Waals surface area (Å²) in [5, 5.41) is 0. The van der Waals surface area contributed by atoms with Gasteiger partial charge in [-0.2, -0.15) is 0 Å². The summed E-state index contributed by atoms with van der Waals surface area (Å²) in [5.41, 5.74) is 9.14. The smallest absolute Gasteiger partial charge is 0.132 e. The van der Waals surface area contributed by atoms with E-state index in [9.17, 15) is 0 Å². The molecule has 3 rings (SSSR count). The van der Waals surface area contributed by atoms with Gasteiger partial charge >= 0.3 is 0 Å². The fraction of sp³-hybridized carbons (Fsp3) is 0.467. The van der Waals surface area contributed by atoms with Crippen molar-refractivity contribution >= 4 is 0 Å². The zero-order chi connectivity index (χ0) is 13.2. The Hall–Kier alpha value is -1.68. The zero-order valence-corrected chi connectivity index (χ0v) is 11.3. The summed E-state index contributed by atoms with van der Waals surface area (Å²) in [4.78, 5) is 12.5. The van der Waals surface area contributed by atoms with Gasteiger partial charge in [-0.3, -0.25) is 0 Å². The molecule has 1 saturated carbocycles. The van der Waals surface area contributed by atoms with Crippen LogP contribution >= 0.6 is 0 Å². The quantitative estimate of drug-likeness (QED) is 0.868. The summed E-state index contributed by atoms with van der Waals surface area (Å²) in [6.07, 6.45) is 8.28. The third kappa shape index (κ3) is 2.68. The largest absolute Gasteiger partial charge is 0.367 e. The van der Waals surface area contributed by atoms with Gasteiger partial charge in [0.15, 0.2) is 0 Å². The van der Waals surface area contributed by atoms with Gasteiger partial charge in [0.05, 0.1) is 5.69 Å². The van der Waals surface area contributed by atoms with Crippen LogP contribution in [0, 0.1) is 6.92 Å². The van der Waals surface area contributed by atoms with Gasteiger partial charge in [0.2, 0.25) is 0 Å². The van der Waals surface area contributed by atoms with Gasteiger partial charge in [0, 0.05) is 35.6 Å². The van der Waals surface area contributed by atoms with Crippen molar-refractivity contribution in [1.29, 1.82) is 0 Å². The number of aromatic nitrogens is 3. The molecule has 2 aromatic heterocycles. The Morgan fingerprint density at radius 1 is 1.21 bits per heavy atom. The highest BCUT2D eigenvalue weighted by atomic mass is 14.9. The van der Waals surface area contributed by atoms with Crippen LogP contribution in [0.15, 0.2) is 24.5 Å². The predicted molar refractivity (Wildman–Crippen MR) is 75.7 cm³/mol. The molecule has 0 aliphatic heterocycles. The van der Waals surface area contributed by atoms with E-state index < -0.39 is 0 Å². The van der Waals surface area contributed by atoms with Crippen molar-refractivity contribution in [3.8, 4) is 11.3 Å². The third-order valence-corrected chi connectivity index (χ3v) is 3.90. The Balaban J connectivity index is 1.90. The molecule has 0 atom stereocenters. The molecule has 4 heteroatoms. The number of nitrogens with two attached hydrogens (primary N) is 1. The van der Waals surface area contributed by atoms with Crippen molar-refractivity contribution in [2.45, 2.75) is 44.6 Å². The van der Waals surface area contributed by atoms with E-state index in [1.54, 1.807) is 0 Å². The van der Waals surface area contributed by atoms with E-state index in [1.807, 2.05) is 31.5 Å². The molecule has 3 N–H and O–H groups in total. The molecule has 1 aliphatic carbocycles. The van der Waals surface area contributed by atoms with Crippen molar-refractivity contribution in [1.82, 2.24) is 15.0 Å². The Kier molecular flexibility index (Phi) is 3.34. The molecule has 0 bridgehead atoms. The van der Waals surface area contributed by atoms with E-state index in [0.29, 0.717) is 12.0 Å². The lowest BCUT2D eigenvalue weighted by molar-refractivity contribution is 0.384. The van der Waals surface area contributed by atoms with E-state index in [0.717, 1.165) is 48.5 Å². The number of hydrogen-bond donors (Lipinski definition) is 2. The minimum Gasteiger partial charge on any atom is -0.367 e. The van der Waals surface area contributed by atoms with Gasteiger partial charge in [-0.05, 0) is 44.7 Å². The molecule has 0 amide bonds. The maximum atomic E-state index is 5.97. The highest BCUT2D eigenvalue weighted by molar-refractivity contribution is 5.58. The second kappa shape index (κ2) is 5.13. The molecule has 0 aromatic carbocycles. The molecule has 1 fully saturated rings. The van der Waals surface area contributed by atoms with Crippen LogP contribution in [0.2, 0.25) is 0 Å². The fourth-order valence-corrected chi connectivity index (χ4v) is 2.78. The third-order valence-electron chi connectivity index (χ3n) is 3.90. The molecular formula is C15H20N4. The lowest BCUT2D eigenvalue weighted by atomic mass is 9.86. The summed E-state index contributed by atoms with van der Waals surface area (Å²) >= 11 is 0. The van der Waals surface area contributed by atoms with E-state index >= 15 is 0 Å². The first kappa shape index (κ1) is 12.4. The van der Waals surface area contributed by atoms with Crippen molar-refractivity contribution in [3.05, 3.63) is 36.0 Å². The molecule has 2 aromatic rings. The molecule has 1 aliphatic rings. The van der Waals surface area contributed by atoms with Gasteiger partial charge in [-0.1, -0.05) is 0 Å². The molecule has 0 radical (unpaired) electrons. The Morgan fingerprint density at radius 3 is 2.68 bits per heavy atom. The number of H-pyrrole nitrogens is 1. The molecule has 100 valence electrons. The Morgan fingerprint density at radius 2 is 2.00 bits per heavy atom. The molecule has 19 heavy (non-hydrogen) atoms. The number of aryl methyl sites for hydroxylation is 1. The van der Waals surface area contributed by atoms with Crippen LogP contribution in [0.1, 0.15) is 43.1 Å². The second-order valence-corrected chi connectivity index (χ2v) is 5.46. The molecule has 0 saturated heterocycles. The molecule has 0 spiro atoms. The normalized spacial score (nSPS) is 23.5. The van der Waals surface area contributed by atoms with Gasteiger partial charge in [0.25, 0.3) is 0 Å². The lowest BCUT2D eigenvalue weighted by Crippen LogP contribution is -2.26. The predicted octanol–water partition coefficient (Wildman–Crippen LogP) is 2.77. The van der Waals surface area contributed by atoms with Crippen LogP contribution in [0.3, 0.4) is 0 Å². The summed E-state index contributed by atoms with van der Waals surface area (Å²) in [6, 6.07) is 4.45. The molecule has 2 heterocycles. The highest BCUT2D eigenvalue weighted by Gasteiger charge is 2.22. The van der Waals surface area contributed by atoms with Gasteiger partial charge < -0.3 is 10.7 Å². The van der Waals surface area contributed by atoms with Crippen LogP contribution in [0.5, 0.6) is 0 Å².